The first-order valence-electron chi connectivity index (χ1n) is 12.5. The van der Waals surface area contributed by atoms with Crippen LogP contribution in [0.25, 0.3) is 10.9 Å². The molecule has 2 amide bonds. The Bertz CT molecular complexity index is 1500. The van der Waals surface area contributed by atoms with E-state index in [0.717, 1.165) is 4.57 Å². The van der Waals surface area contributed by atoms with Crippen LogP contribution in [0.15, 0.2) is 80.9 Å². The van der Waals surface area contributed by atoms with Crippen LogP contribution in [-0.2, 0) is 29.2 Å². The van der Waals surface area contributed by atoms with Gasteiger partial charge in [-0.3, -0.25) is 23.5 Å². The fourth-order valence-corrected chi connectivity index (χ4v) is 4.11. The van der Waals surface area contributed by atoms with Crippen LogP contribution in [0.5, 0.6) is 5.75 Å². The van der Waals surface area contributed by atoms with Gasteiger partial charge in [0.15, 0.2) is 0 Å². The molecule has 0 unspecified atom stereocenters. The number of fused-ring (bicyclic) bond motifs is 1. The van der Waals surface area contributed by atoms with Crippen LogP contribution in [0.1, 0.15) is 31.9 Å². The van der Waals surface area contributed by atoms with Crippen molar-refractivity contribution in [1.82, 2.24) is 14.5 Å². The Balaban J connectivity index is 1.43. The van der Waals surface area contributed by atoms with E-state index in [4.69, 9.17) is 9.15 Å². The molecule has 0 fully saturated rings. The molecule has 2 N–H and O–H groups in total. The molecule has 0 aliphatic carbocycles. The van der Waals surface area contributed by atoms with E-state index in [1.54, 1.807) is 66.9 Å². The molecule has 10 nitrogen and oxygen atoms in total. The van der Waals surface area contributed by atoms with Gasteiger partial charge in [0.1, 0.15) is 18.1 Å². The van der Waals surface area contributed by atoms with E-state index in [-0.39, 0.29) is 25.4 Å². The first kappa shape index (κ1) is 26.5. The number of amides is 2. The average Bonchev–Trinajstić information content (AvgIpc) is 3.44. The minimum atomic E-state index is -0.571. The van der Waals surface area contributed by atoms with Crippen LogP contribution >= 0.6 is 0 Å². The smallest absolute Gasteiger partial charge is 0.331 e. The van der Waals surface area contributed by atoms with Gasteiger partial charge in [-0.1, -0.05) is 12.1 Å². The van der Waals surface area contributed by atoms with Gasteiger partial charge in [-0.25, -0.2) is 4.79 Å². The predicted molar refractivity (Wildman–Crippen MR) is 143 cm³/mol. The third-order valence-corrected chi connectivity index (χ3v) is 5.96. The fraction of sp³-hybridized carbons (Fsp3) is 0.286. The first-order valence-corrected chi connectivity index (χ1v) is 12.5. The first-order chi connectivity index (χ1) is 18.5. The summed E-state index contributed by atoms with van der Waals surface area (Å²) in [6.45, 7) is 2.60. The summed E-state index contributed by atoms with van der Waals surface area (Å²) in [5, 5.41) is 5.90. The molecule has 2 aromatic heterocycles. The molecule has 0 spiro atoms. The number of benzene rings is 2. The molecule has 4 rings (SSSR count). The number of rotatable bonds is 12. The van der Waals surface area contributed by atoms with Gasteiger partial charge in [0.25, 0.3) is 5.56 Å². The van der Waals surface area contributed by atoms with Gasteiger partial charge in [0.05, 0.1) is 30.3 Å². The highest BCUT2D eigenvalue weighted by molar-refractivity contribution is 5.91. The Morgan fingerprint density at radius 2 is 1.71 bits per heavy atom. The van der Waals surface area contributed by atoms with Crippen molar-refractivity contribution >= 4 is 28.4 Å². The molecule has 2 aromatic carbocycles. The number of nitrogens with zero attached hydrogens (tertiary/aromatic N) is 2. The summed E-state index contributed by atoms with van der Waals surface area (Å²) in [6, 6.07) is 17.2. The zero-order valence-corrected chi connectivity index (χ0v) is 21.1. The topological polar surface area (TPSA) is 125 Å². The van der Waals surface area contributed by atoms with Crippen molar-refractivity contribution in [2.24, 2.45) is 0 Å². The summed E-state index contributed by atoms with van der Waals surface area (Å²) in [4.78, 5) is 51.3. The molecular weight excluding hydrogens is 488 g/mol. The number of carbonyl (C=O) groups is 2. The number of hydrogen-bond donors (Lipinski definition) is 2. The second-order valence-corrected chi connectivity index (χ2v) is 8.66. The minimum absolute atomic E-state index is 0.133. The molecule has 2 heterocycles. The Morgan fingerprint density at radius 1 is 0.921 bits per heavy atom. The highest BCUT2D eigenvalue weighted by Crippen LogP contribution is 2.16. The molecule has 0 atom stereocenters. The summed E-state index contributed by atoms with van der Waals surface area (Å²) < 4.78 is 13.0. The van der Waals surface area contributed by atoms with Crippen molar-refractivity contribution in [1.29, 1.82) is 0 Å². The lowest BCUT2D eigenvalue weighted by Crippen LogP contribution is -2.41. The van der Waals surface area contributed by atoms with Crippen molar-refractivity contribution < 1.29 is 18.7 Å². The third kappa shape index (κ3) is 6.58. The summed E-state index contributed by atoms with van der Waals surface area (Å²) in [6.07, 6.45) is 2.72. The standard InChI is InChI=1S/C28H30N4O6/c1-2-37-21-14-12-20(13-15-21)30-26(34)19-32-24-10-4-3-9-23(24)27(35)31(28(32)36)16-6-5-11-25(33)29-18-22-8-7-17-38-22/h3-4,7-10,12-15,17H,2,5-6,11,16,18-19H2,1H3,(H,29,33)(H,30,34). The number of aromatic nitrogens is 2. The molecule has 0 bridgehead atoms. The van der Waals surface area contributed by atoms with Crippen LogP contribution in [0.3, 0.4) is 0 Å². The van der Waals surface area contributed by atoms with Crippen molar-refractivity contribution in [2.75, 3.05) is 11.9 Å². The second kappa shape index (κ2) is 12.6. The quantitative estimate of drug-likeness (QED) is 0.277. The highest BCUT2D eigenvalue weighted by atomic mass is 16.5. The fourth-order valence-electron chi connectivity index (χ4n) is 4.11. The number of ether oxygens (including phenoxy) is 1. The second-order valence-electron chi connectivity index (χ2n) is 8.66. The van der Waals surface area contributed by atoms with Crippen molar-refractivity contribution in [3.63, 3.8) is 0 Å². The van der Waals surface area contributed by atoms with Gasteiger partial charge >= 0.3 is 5.69 Å². The number of anilines is 1. The van der Waals surface area contributed by atoms with Crippen LogP contribution < -0.4 is 26.6 Å². The molecule has 0 saturated heterocycles. The van der Waals surface area contributed by atoms with Gasteiger partial charge in [0, 0.05) is 18.7 Å². The Morgan fingerprint density at radius 3 is 2.45 bits per heavy atom. The zero-order chi connectivity index (χ0) is 26.9. The van der Waals surface area contributed by atoms with Crippen molar-refractivity contribution in [2.45, 2.75) is 45.8 Å². The lowest BCUT2D eigenvalue weighted by atomic mass is 10.2. The molecule has 0 aliphatic heterocycles. The molecule has 0 radical (unpaired) electrons. The minimum Gasteiger partial charge on any atom is -0.494 e. The average molecular weight is 519 g/mol. The molecule has 4 aromatic rings. The normalized spacial score (nSPS) is 10.9. The van der Waals surface area contributed by atoms with E-state index in [2.05, 4.69) is 10.6 Å². The molecular formula is C28H30N4O6. The molecule has 198 valence electrons. The van der Waals surface area contributed by atoms with Gasteiger partial charge in [-0.05, 0) is 68.3 Å². The van der Waals surface area contributed by atoms with Crippen molar-refractivity contribution in [3.05, 3.63) is 93.5 Å². The monoisotopic (exact) mass is 518 g/mol. The van der Waals surface area contributed by atoms with Crippen LogP contribution in [-0.4, -0.2) is 27.6 Å². The maximum atomic E-state index is 13.3. The number of unbranched alkanes of at least 4 members (excludes halogenated alkanes) is 1. The summed E-state index contributed by atoms with van der Waals surface area (Å²) in [5.41, 5.74) is -0.0405. The summed E-state index contributed by atoms with van der Waals surface area (Å²) in [5.74, 6) is 0.804. The van der Waals surface area contributed by atoms with E-state index in [0.29, 0.717) is 54.1 Å². The summed E-state index contributed by atoms with van der Waals surface area (Å²) >= 11 is 0. The number of nitrogens with one attached hydrogen (secondary N) is 2. The van der Waals surface area contributed by atoms with Crippen LogP contribution in [0, 0.1) is 0 Å². The molecule has 0 saturated carbocycles. The van der Waals surface area contributed by atoms with Gasteiger partial charge in [-0.15, -0.1) is 0 Å². The van der Waals surface area contributed by atoms with E-state index in [1.165, 1.54) is 4.57 Å². The van der Waals surface area contributed by atoms with Crippen LogP contribution in [0.4, 0.5) is 5.69 Å². The van der Waals surface area contributed by atoms with E-state index in [1.807, 2.05) is 6.92 Å². The largest absolute Gasteiger partial charge is 0.494 e. The molecule has 10 heteroatoms. The SMILES string of the molecule is CCOc1ccc(NC(=O)Cn2c(=O)n(CCCCC(=O)NCc3ccco3)c(=O)c3ccccc32)cc1. The van der Waals surface area contributed by atoms with Crippen LogP contribution in [0.2, 0.25) is 0 Å². The highest BCUT2D eigenvalue weighted by Gasteiger charge is 2.15. The lowest BCUT2D eigenvalue weighted by Gasteiger charge is -2.14. The number of hydrogen-bond acceptors (Lipinski definition) is 6. The third-order valence-electron chi connectivity index (χ3n) is 5.96. The number of furan rings is 1. The van der Waals surface area contributed by atoms with E-state index >= 15 is 0 Å². The summed E-state index contributed by atoms with van der Waals surface area (Å²) in [7, 11) is 0. The Kier molecular flexibility index (Phi) is 8.76. The van der Waals surface area contributed by atoms with Gasteiger partial charge in [-0.2, -0.15) is 0 Å². The van der Waals surface area contributed by atoms with Gasteiger partial charge < -0.3 is 19.8 Å². The molecule has 0 aliphatic rings. The number of para-hydroxylation sites is 1. The number of carbonyl (C=O) groups excluding carboxylic acids is 2. The maximum Gasteiger partial charge on any atom is 0.331 e. The lowest BCUT2D eigenvalue weighted by molar-refractivity contribution is -0.121. The Hall–Kier alpha value is -4.60. The molecule has 38 heavy (non-hydrogen) atoms. The van der Waals surface area contributed by atoms with E-state index < -0.39 is 17.2 Å². The Labute approximate surface area is 218 Å². The van der Waals surface area contributed by atoms with E-state index in [9.17, 15) is 19.2 Å². The zero-order valence-electron chi connectivity index (χ0n) is 21.1. The maximum absolute atomic E-state index is 13.3. The van der Waals surface area contributed by atoms with Crippen molar-refractivity contribution in [3.8, 4) is 5.75 Å². The van der Waals surface area contributed by atoms with Gasteiger partial charge in [0.2, 0.25) is 11.8 Å². The predicted octanol–water partition coefficient (Wildman–Crippen LogP) is 3.28.